The molecule has 6 nitrogen and oxygen atoms in total. The Morgan fingerprint density at radius 2 is 2.18 bits per heavy atom. The van der Waals surface area contributed by atoms with Crippen molar-refractivity contribution in [3.8, 4) is 0 Å². The molecule has 2 heterocycles. The van der Waals surface area contributed by atoms with Crippen LogP contribution in [0.5, 0.6) is 0 Å². The minimum absolute atomic E-state index is 0. The van der Waals surface area contributed by atoms with Gasteiger partial charge in [-0.25, -0.2) is 9.98 Å². The van der Waals surface area contributed by atoms with Gasteiger partial charge in [-0.2, -0.15) is 5.10 Å². The predicted octanol–water partition coefficient (Wildman–Crippen LogP) is 2.31. The van der Waals surface area contributed by atoms with Gasteiger partial charge in [0.05, 0.1) is 18.8 Å². The molecule has 2 rings (SSSR count). The summed E-state index contributed by atoms with van der Waals surface area (Å²) in [6.45, 7) is 6.32. The van der Waals surface area contributed by atoms with Gasteiger partial charge < -0.3 is 10.6 Å². The fraction of sp³-hybridized carbons (Fsp3) is 0.500. The molecule has 0 bridgehead atoms. The first-order valence-electron chi connectivity index (χ1n) is 7.15. The Balaban J connectivity index is 0.00000242. The first-order chi connectivity index (χ1) is 10.2. The first-order valence-corrected chi connectivity index (χ1v) is 7.97. The van der Waals surface area contributed by atoms with Crippen LogP contribution in [0.25, 0.3) is 0 Å². The number of rotatable bonds is 6. The van der Waals surface area contributed by atoms with Gasteiger partial charge in [-0.05, 0) is 19.4 Å². The zero-order valence-corrected chi connectivity index (χ0v) is 16.3. The molecule has 0 aliphatic rings. The van der Waals surface area contributed by atoms with Gasteiger partial charge >= 0.3 is 0 Å². The number of halogens is 1. The summed E-state index contributed by atoms with van der Waals surface area (Å²) in [4.78, 5) is 10.3. The number of hydrogen-bond donors (Lipinski definition) is 2. The summed E-state index contributed by atoms with van der Waals surface area (Å²) < 4.78 is 1.83. The topological polar surface area (TPSA) is 67.1 Å². The van der Waals surface area contributed by atoms with Crippen molar-refractivity contribution < 1.29 is 0 Å². The van der Waals surface area contributed by atoms with Crippen molar-refractivity contribution in [2.24, 2.45) is 12.0 Å². The zero-order valence-electron chi connectivity index (χ0n) is 13.2. The average molecular weight is 434 g/mol. The number of nitrogens with zero attached hydrogens (tertiary/aromatic N) is 4. The molecule has 0 aliphatic heterocycles. The van der Waals surface area contributed by atoms with Crippen molar-refractivity contribution in [2.45, 2.75) is 33.4 Å². The highest BCUT2D eigenvalue weighted by Gasteiger charge is 2.03. The Hall–Kier alpha value is -1.16. The van der Waals surface area contributed by atoms with E-state index < -0.39 is 0 Å². The van der Waals surface area contributed by atoms with Gasteiger partial charge in [-0.1, -0.05) is 6.92 Å². The van der Waals surface area contributed by atoms with Crippen LogP contribution in [0.2, 0.25) is 0 Å². The monoisotopic (exact) mass is 434 g/mol. The maximum atomic E-state index is 4.57. The zero-order chi connectivity index (χ0) is 15.1. The Morgan fingerprint density at radius 3 is 2.77 bits per heavy atom. The Labute approximate surface area is 152 Å². The highest BCUT2D eigenvalue weighted by molar-refractivity contribution is 14.0. The quantitative estimate of drug-likeness (QED) is 0.416. The molecule has 2 N–H and O–H groups in total. The van der Waals surface area contributed by atoms with Gasteiger partial charge in [0, 0.05) is 30.9 Å². The number of aryl methyl sites for hydroxylation is 2. The molecule has 122 valence electrons. The van der Waals surface area contributed by atoms with Crippen molar-refractivity contribution in [3.05, 3.63) is 34.0 Å². The molecule has 22 heavy (non-hydrogen) atoms. The largest absolute Gasteiger partial charge is 0.357 e. The Kier molecular flexibility index (Phi) is 8.39. The van der Waals surface area contributed by atoms with Gasteiger partial charge in [0.1, 0.15) is 5.01 Å². The number of nitrogens with one attached hydrogen (secondary N) is 2. The van der Waals surface area contributed by atoms with Gasteiger partial charge in [-0.15, -0.1) is 35.3 Å². The number of hydrogen-bond acceptors (Lipinski definition) is 4. The van der Waals surface area contributed by atoms with Crippen LogP contribution in [0.4, 0.5) is 0 Å². The highest BCUT2D eigenvalue weighted by Crippen LogP contribution is 2.12. The lowest BCUT2D eigenvalue weighted by Crippen LogP contribution is -2.36. The molecule has 0 aromatic carbocycles. The van der Waals surface area contributed by atoms with Crippen LogP contribution in [0.15, 0.2) is 23.5 Å². The van der Waals surface area contributed by atoms with E-state index in [1.54, 1.807) is 17.5 Å². The van der Waals surface area contributed by atoms with E-state index in [4.69, 9.17) is 0 Å². The molecule has 0 radical (unpaired) electrons. The summed E-state index contributed by atoms with van der Waals surface area (Å²) in [7, 11) is 1.92. The number of aromatic nitrogens is 3. The van der Waals surface area contributed by atoms with E-state index in [1.165, 1.54) is 4.88 Å². The second kappa shape index (κ2) is 9.78. The van der Waals surface area contributed by atoms with Crippen molar-refractivity contribution in [3.63, 3.8) is 0 Å². The van der Waals surface area contributed by atoms with Gasteiger partial charge in [0.2, 0.25) is 0 Å². The van der Waals surface area contributed by atoms with E-state index in [1.807, 2.05) is 24.0 Å². The summed E-state index contributed by atoms with van der Waals surface area (Å²) in [5.41, 5.74) is 1.08. The summed E-state index contributed by atoms with van der Waals surface area (Å²) >= 11 is 1.74. The minimum Gasteiger partial charge on any atom is -0.357 e. The molecule has 0 amide bonds. The van der Waals surface area contributed by atoms with Crippen LogP contribution in [0.1, 0.15) is 29.4 Å². The lowest BCUT2D eigenvalue weighted by Gasteiger charge is -2.10. The van der Waals surface area contributed by atoms with Gasteiger partial charge in [0.25, 0.3) is 0 Å². The summed E-state index contributed by atoms with van der Waals surface area (Å²) in [5.74, 6) is 0.798. The van der Waals surface area contributed by atoms with Gasteiger partial charge in [0.15, 0.2) is 5.96 Å². The molecule has 8 heteroatoms. The van der Waals surface area contributed by atoms with E-state index >= 15 is 0 Å². The third-order valence-electron chi connectivity index (χ3n) is 3.02. The normalized spacial score (nSPS) is 11.1. The fourth-order valence-electron chi connectivity index (χ4n) is 1.81. The highest BCUT2D eigenvalue weighted by atomic mass is 127. The first kappa shape index (κ1) is 18.9. The number of aliphatic imine (C=N–C) groups is 1. The van der Waals surface area contributed by atoms with Crippen LogP contribution in [-0.2, 0) is 26.6 Å². The van der Waals surface area contributed by atoms with Crippen molar-refractivity contribution in [1.29, 1.82) is 0 Å². The molecule has 0 unspecified atom stereocenters. The molecule has 0 saturated heterocycles. The average Bonchev–Trinajstić information content (AvgIpc) is 3.11. The second-order valence-corrected chi connectivity index (χ2v) is 5.77. The Morgan fingerprint density at radius 1 is 1.36 bits per heavy atom. The van der Waals surface area contributed by atoms with Crippen LogP contribution in [0.3, 0.4) is 0 Å². The third-order valence-corrected chi connectivity index (χ3v) is 4.16. The molecule has 0 atom stereocenters. The lowest BCUT2D eigenvalue weighted by atomic mass is 10.4. The SMILES string of the molecule is CCNC(=NCc1ccnn1C)NCc1ncc(CC)s1.I. The van der Waals surface area contributed by atoms with Crippen LogP contribution in [-0.4, -0.2) is 27.3 Å². The number of guanidine groups is 1. The van der Waals surface area contributed by atoms with Crippen LogP contribution < -0.4 is 10.6 Å². The molecule has 0 fully saturated rings. The van der Waals surface area contributed by atoms with E-state index in [0.717, 1.165) is 29.6 Å². The second-order valence-electron chi connectivity index (χ2n) is 4.57. The van der Waals surface area contributed by atoms with E-state index in [2.05, 4.69) is 39.6 Å². The summed E-state index contributed by atoms with van der Waals surface area (Å²) in [5, 5.41) is 11.8. The number of thiazole rings is 1. The lowest BCUT2D eigenvalue weighted by molar-refractivity contribution is 0.707. The molecular formula is C14H23IN6S. The molecule has 0 saturated carbocycles. The van der Waals surface area contributed by atoms with E-state index in [0.29, 0.717) is 13.1 Å². The standard InChI is InChI=1S/C14H22N6S.HI/c1-4-12-9-16-13(21-12)10-18-14(15-5-2)17-8-11-6-7-19-20(11)3;/h6-7,9H,4-5,8,10H2,1-3H3,(H2,15,17,18);1H. The Bertz CT molecular complexity index is 592. The molecular weight excluding hydrogens is 411 g/mol. The summed E-state index contributed by atoms with van der Waals surface area (Å²) in [6.07, 6.45) is 4.76. The minimum atomic E-state index is 0. The fourth-order valence-corrected chi connectivity index (χ4v) is 2.61. The summed E-state index contributed by atoms with van der Waals surface area (Å²) in [6, 6.07) is 1.97. The van der Waals surface area contributed by atoms with Crippen molar-refractivity contribution in [2.75, 3.05) is 6.54 Å². The van der Waals surface area contributed by atoms with Crippen molar-refractivity contribution in [1.82, 2.24) is 25.4 Å². The molecule has 0 aliphatic carbocycles. The maximum Gasteiger partial charge on any atom is 0.191 e. The van der Waals surface area contributed by atoms with Crippen molar-refractivity contribution >= 4 is 41.3 Å². The maximum absolute atomic E-state index is 4.57. The third kappa shape index (κ3) is 5.56. The molecule has 2 aromatic heterocycles. The van der Waals surface area contributed by atoms with Crippen LogP contribution in [0, 0.1) is 0 Å². The predicted molar refractivity (Wildman–Crippen MR) is 102 cm³/mol. The van der Waals surface area contributed by atoms with E-state index in [9.17, 15) is 0 Å². The van der Waals surface area contributed by atoms with Gasteiger partial charge in [-0.3, -0.25) is 4.68 Å². The smallest absolute Gasteiger partial charge is 0.191 e. The molecule has 0 spiro atoms. The molecule has 2 aromatic rings. The van der Waals surface area contributed by atoms with E-state index in [-0.39, 0.29) is 24.0 Å². The van der Waals surface area contributed by atoms with Crippen LogP contribution >= 0.6 is 35.3 Å².